The van der Waals surface area contributed by atoms with E-state index in [1.54, 1.807) is 0 Å². The number of benzene rings is 1. The van der Waals surface area contributed by atoms with Gasteiger partial charge in [-0.1, -0.05) is 24.2 Å². The zero-order chi connectivity index (χ0) is 16.7. The van der Waals surface area contributed by atoms with Crippen LogP contribution in [0, 0.1) is 0 Å². The maximum atomic E-state index is 12.6. The van der Waals surface area contributed by atoms with E-state index in [2.05, 4.69) is 10.1 Å². The molecule has 1 aliphatic carbocycles. The summed E-state index contributed by atoms with van der Waals surface area (Å²) in [5.41, 5.74) is 5.82. The third-order valence-corrected chi connectivity index (χ3v) is 4.45. The number of halogens is 4. The van der Waals surface area contributed by atoms with E-state index in [0.717, 1.165) is 37.0 Å². The first-order valence-electron chi connectivity index (χ1n) is 7.57. The van der Waals surface area contributed by atoms with Crippen LogP contribution in [0.3, 0.4) is 0 Å². The van der Waals surface area contributed by atoms with Crippen LogP contribution in [0.15, 0.2) is 28.8 Å². The first-order valence-corrected chi connectivity index (χ1v) is 7.57. The van der Waals surface area contributed by atoms with Crippen molar-refractivity contribution < 1.29 is 17.7 Å². The minimum absolute atomic E-state index is 0. The molecule has 1 aromatic carbocycles. The highest BCUT2D eigenvalue weighted by molar-refractivity contribution is 5.85. The second kappa shape index (κ2) is 6.72. The Bertz CT molecular complexity index is 681. The summed E-state index contributed by atoms with van der Waals surface area (Å²) in [5.74, 6) is 0.961. The SMILES string of the molecule is CC(Cc1nc(C2(N)CCC2)no1)c1ccc(C(F)(F)F)cc1.Cl. The maximum absolute atomic E-state index is 12.6. The van der Waals surface area contributed by atoms with Gasteiger partial charge in [-0.15, -0.1) is 12.4 Å². The average molecular weight is 362 g/mol. The number of rotatable bonds is 4. The fourth-order valence-corrected chi connectivity index (χ4v) is 2.70. The molecule has 1 aromatic heterocycles. The summed E-state index contributed by atoms with van der Waals surface area (Å²) in [6.07, 6.45) is -1.10. The van der Waals surface area contributed by atoms with E-state index in [0.29, 0.717) is 18.1 Å². The van der Waals surface area contributed by atoms with Crippen molar-refractivity contribution in [3.05, 3.63) is 47.1 Å². The Balaban J connectivity index is 0.00000208. The van der Waals surface area contributed by atoms with Gasteiger partial charge in [0.2, 0.25) is 5.89 Å². The zero-order valence-corrected chi connectivity index (χ0v) is 14.0. The molecule has 1 heterocycles. The van der Waals surface area contributed by atoms with Gasteiger partial charge in [-0.2, -0.15) is 18.2 Å². The molecular formula is C16H19ClF3N3O. The quantitative estimate of drug-likeness (QED) is 0.886. The van der Waals surface area contributed by atoms with Crippen LogP contribution in [0.4, 0.5) is 13.2 Å². The van der Waals surface area contributed by atoms with Crippen LogP contribution in [0.5, 0.6) is 0 Å². The van der Waals surface area contributed by atoms with E-state index >= 15 is 0 Å². The van der Waals surface area contributed by atoms with E-state index in [-0.39, 0.29) is 18.3 Å². The standard InChI is InChI=1S/C16H18F3N3O.ClH/c1-10(11-3-5-12(6-4-11)16(17,18)19)9-13-21-14(22-23-13)15(20)7-2-8-15;/h3-6,10H,2,7-9,20H2,1H3;1H. The Labute approximate surface area is 144 Å². The molecule has 3 rings (SSSR count). The van der Waals surface area contributed by atoms with Crippen molar-refractivity contribution in [2.24, 2.45) is 5.73 Å². The van der Waals surface area contributed by atoms with E-state index in [1.807, 2.05) is 6.92 Å². The molecule has 0 radical (unpaired) electrons. The number of aromatic nitrogens is 2. The molecule has 1 aliphatic rings. The largest absolute Gasteiger partial charge is 0.416 e. The lowest BCUT2D eigenvalue weighted by Gasteiger charge is -2.34. The van der Waals surface area contributed by atoms with Gasteiger partial charge in [0.05, 0.1) is 11.1 Å². The lowest BCUT2D eigenvalue weighted by atomic mass is 9.77. The summed E-state index contributed by atoms with van der Waals surface area (Å²) >= 11 is 0. The molecule has 0 amide bonds. The second-order valence-corrected chi connectivity index (χ2v) is 6.25. The van der Waals surface area contributed by atoms with Crippen LogP contribution in [-0.4, -0.2) is 10.1 Å². The topological polar surface area (TPSA) is 64.9 Å². The first-order chi connectivity index (χ1) is 10.8. The van der Waals surface area contributed by atoms with E-state index in [9.17, 15) is 13.2 Å². The van der Waals surface area contributed by atoms with E-state index < -0.39 is 17.3 Å². The van der Waals surface area contributed by atoms with Gasteiger partial charge in [-0.05, 0) is 42.9 Å². The highest BCUT2D eigenvalue weighted by Crippen LogP contribution is 2.37. The number of hydrogen-bond donors (Lipinski definition) is 1. The lowest BCUT2D eigenvalue weighted by molar-refractivity contribution is -0.137. The predicted octanol–water partition coefficient (Wildman–Crippen LogP) is 4.19. The van der Waals surface area contributed by atoms with Gasteiger partial charge < -0.3 is 10.3 Å². The molecule has 0 bridgehead atoms. The molecule has 132 valence electrons. The first kappa shape index (κ1) is 18.7. The number of hydrogen-bond acceptors (Lipinski definition) is 4. The van der Waals surface area contributed by atoms with Gasteiger partial charge in [0.1, 0.15) is 0 Å². The third-order valence-electron chi connectivity index (χ3n) is 4.45. The Hall–Kier alpha value is -1.60. The molecule has 2 aromatic rings. The molecular weight excluding hydrogens is 343 g/mol. The van der Waals surface area contributed by atoms with Crippen LogP contribution in [0.2, 0.25) is 0 Å². The monoisotopic (exact) mass is 361 g/mol. The minimum atomic E-state index is -4.32. The Kier molecular flexibility index (Phi) is 5.25. The highest BCUT2D eigenvalue weighted by atomic mass is 35.5. The fourth-order valence-electron chi connectivity index (χ4n) is 2.70. The Morgan fingerprint density at radius 3 is 2.38 bits per heavy atom. The summed E-state index contributed by atoms with van der Waals surface area (Å²) in [6, 6.07) is 5.16. The molecule has 0 saturated heterocycles. The van der Waals surface area contributed by atoms with Crippen molar-refractivity contribution in [2.45, 2.75) is 50.2 Å². The molecule has 1 atom stereocenters. The van der Waals surface area contributed by atoms with E-state index in [1.165, 1.54) is 12.1 Å². The van der Waals surface area contributed by atoms with Crippen molar-refractivity contribution in [1.82, 2.24) is 10.1 Å². The van der Waals surface area contributed by atoms with Gasteiger partial charge in [0.15, 0.2) is 5.82 Å². The van der Waals surface area contributed by atoms with Crippen LogP contribution in [0.25, 0.3) is 0 Å². The molecule has 24 heavy (non-hydrogen) atoms. The van der Waals surface area contributed by atoms with Gasteiger partial charge >= 0.3 is 6.18 Å². The van der Waals surface area contributed by atoms with Crippen LogP contribution in [0.1, 0.15) is 54.9 Å². The Morgan fingerprint density at radius 1 is 1.25 bits per heavy atom. The van der Waals surface area contributed by atoms with Crippen LogP contribution >= 0.6 is 12.4 Å². The number of alkyl halides is 3. The molecule has 1 fully saturated rings. The zero-order valence-electron chi connectivity index (χ0n) is 13.1. The second-order valence-electron chi connectivity index (χ2n) is 6.25. The van der Waals surface area contributed by atoms with E-state index in [4.69, 9.17) is 10.3 Å². The smallest absolute Gasteiger partial charge is 0.339 e. The molecule has 1 saturated carbocycles. The number of nitrogens with two attached hydrogens (primary N) is 1. The van der Waals surface area contributed by atoms with Gasteiger partial charge in [-0.3, -0.25) is 0 Å². The number of nitrogens with zero attached hydrogens (tertiary/aromatic N) is 2. The van der Waals surface area contributed by atoms with Crippen molar-refractivity contribution in [3.8, 4) is 0 Å². The van der Waals surface area contributed by atoms with Crippen molar-refractivity contribution >= 4 is 12.4 Å². The minimum Gasteiger partial charge on any atom is -0.339 e. The molecule has 0 aliphatic heterocycles. The van der Waals surface area contributed by atoms with Crippen molar-refractivity contribution in [2.75, 3.05) is 0 Å². The Morgan fingerprint density at radius 2 is 1.88 bits per heavy atom. The summed E-state index contributed by atoms with van der Waals surface area (Å²) in [7, 11) is 0. The molecule has 4 nitrogen and oxygen atoms in total. The molecule has 8 heteroatoms. The van der Waals surface area contributed by atoms with Crippen LogP contribution < -0.4 is 5.73 Å². The van der Waals surface area contributed by atoms with Gasteiger partial charge in [-0.25, -0.2) is 0 Å². The molecule has 2 N–H and O–H groups in total. The third kappa shape index (κ3) is 3.72. The fraction of sp³-hybridized carbons (Fsp3) is 0.500. The van der Waals surface area contributed by atoms with Gasteiger partial charge in [0.25, 0.3) is 0 Å². The maximum Gasteiger partial charge on any atom is 0.416 e. The summed E-state index contributed by atoms with van der Waals surface area (Å²) in [4.78, 5) is 4.34. The van der Waals surface area contributed by atoms with Gasteiger partial charge in [0, 0.05) is 6.42 Å². The molecule has 1 unspecified atom stereocenters. The molecule has 0 spiro atoms. The van der Waals surface area contributed by atoms with Crippen molar-refractivity contribution in [1.29, 1.82) is 0 Å². The summed E-state index contributed by atoms with van der Waals surface area (Å²) < 4.78 is 43.0. The lowest BCUT2D eigenvalue weighted by Crippen LogP contribution is -2.44. The average Bonchev–Trinajstić information content (AvgIpc) is 2.93. The van der Waals surface area contributed by atoms with Crippen LogP contribution in [-0.2, 0) is 18.1 Å². The highest BCUT2D eigenvalue weighted by Gasteiger charge is 2.39. The summed E-state index contributed by atoms with van der Waals surface area (Å²) in [5, 5.41) is 3.94. The summed E-state index contributed by atoms with van der Waals surface area (Å²) in [6.45, 7) is 1.91. The van der Waals surface area contributed by atoms with Crippen molar-refractivity contribution in [3.63, 3.8) is 0 Å². The predicted molar refractivity (Wildman–Crippen MR) is 84.8 cm³/mol. The normalized spacial score (nSPS) is 17.7.